The van der Waals surface area contributed by atoms with Gasteiger partial charge in [-0.1, -0.05) is 42.5 Å². The largest absolute Gasteiger partial charge is 0.378 e. The number of fused-ring (bicyclic) bond motifs is 1. The minimum Gasteiger partial charge on any atom is -0.378 e. The number of pyridine rings is 1. The maximum atomic E-state index is 12.3. The Kier molecular flexibility index (Phi) is 5.84. The van der Waals surface area contributed by atoms with E-state index in [0.29, 0.717) is 5.56 Å². The number of hydrogen-bond acceptors (Lipinski definition) is 4. The maximum Gasteiger partial charge on any atom is 0.253 e. The molecular weight excluding hydrogens is 412 g/mol. The number of rotatable bonds is 5. The fraction of sp³-hybridized carbons (Fsp3) is 0.259. The third-order valence-corrected chi connectivity index (χ3v) is 6.12. The number of anilines is 1. The van der Waals surface area contributed by atoms with E-state index in [-0.39, 0.29) is 5.91 Å². The highest BCUT2D eigenvalue weighted by Gasteiger charge is 2.17. The van der Waals surface area contributed by atoms with Crippen molar-refractivity contribution < 1.29 is 9.53 Å². The van der Waals surface area contributed by atoms with Gasteiger partial charge in [0.25, 0.3) is 5.91 Å². The van der Waals surface area contributed by atoms with Crippen LogP contribution in [0.4, 0.5) is 5.82 Å². The zero-order valence-electron chi connectivity index (χ0n) is 19.1. The molecule has 0 spiro atoms. The van der Waals surface area contributed by atoms with E-state index in [4.69, 9.17) is 9.72 Å². The van der Waals surface area contributed by atoms with Crippen molar-refractivity contribution in [2.24, 2.45) is 0 Å². The van der Waals surface area contributed by atoms with E-state index in [9.17, 15) is 4.79 Å². The second-order valence-electron chi connectivity index (χ2n) is 8.58. The molecule has 1 saturated heterocycles. The Morgan fingerprint density at radius 2 is 1.73 bits per heavy atom. The van der Waals surface area contributed by atoms with E-state index < -0.39 is 0 Å². The number of hydrogen-bond donors (Lipinski definition) is 0. The van der Waals surface area contributed by atoms with E-state index in [0.717, 1.165) is 60.8 Å². The molecule has 0 aliphatic carbocycles. The summed E-state index contributed by atoms with van der Waals surface area (Å²) in [5.41, 5.74) is 5.26. The second-order valence-corrected chi connectivity index (χ2v) is 8.58. The Morgan fingerprint density at radius 1 is 1.00 bits per heavy atom. The van der Waals surface area contributed by atoms with E-state index in [1.54, 1.807) is 19.0 Å². The van der Waals surface area contributed by atoms with Gasteiger partial charge in [0.1, 0.15) is 5.82 Å². The number of aromatic nitrogens is 2. The topological polar surface area (TPSA) is 50.6 Å². The lowest BCUT2D eigenvalue weighted by Gasteiger charge is -2.27. The molecule has 0 radical (unpaired) electrons. The third-order valence-electron chi connectivity index (χ3n) is 6.12. The number of carbonyl (C=O) groups is 1. The van der Waals surface area contributed by atoms with Crippen molar-refractivity contribution in [3.63, 3.8) is 0 Å². The summed E-state index contributed by atoms with van der Waals surface area (Å²) in [6, 6.07) is 22.7. The Labute approximate surface area is 194 Å². The lowest BCUT2D eigenvalue weighted by Crippen LogP contribution is -2.36. The first-order chi connectivity index (χ1) is 16.1. The monoisotopic (exact) mass is 440 g/mol. The SMILES string of the molecule is CN(C)C(=O)c1ccc(-c2cc3cnc(N4CCOCC4)cc3n2Cc2ccccc2)cc1. The highest BCUT2D eigenvalue weighted by atomic mass is 16.5. The van der Waals surface area contributed by atoms with Crippen molar-refractivity contribution in [2.75, 3.05) is 45.3 Å². The Balaban J connectivity index is 1.59. The molecule has 6 heteroatoms. The van der Waals surface area contributed by atoms with Gasteiger partial charge in [-0.15, -0.1) is 0 Å². The van der Waals surface area contributed by atoms with Gasteiger partial charge in [0.05, 0.1) is 18.7 Å². The van der Waals surface area contributed by atoms with Crippen LogP contribution in [0.3, 0.4) is 0 Å². The summed E-state index contributed by atoms with van der Waals surface area (Å²) in [6.07, 6.45) is 1.97. The summed E-state index contributed by atoms with van der Waals surface area (Å²) < 4.78 is 7.86. The number of benzene rings is 2. The Morgan fingerprint density at radius 3 is 2.42 bits per heavy atom. The van der Waals surface area contributed by atoms with Gasteiger partial charge in [-0.3, -0.25) is 4.79 Å². The molecule has 2 aromatic carbocycles. The van der Waals surface area contributed by atoms with Gasteiger partial charge in [-0.2, -0.15) is 0 Å². The Bertz CT molecular complexity index is 1260. The van der Waals surface area contributed by atoms with Crippen LogP contribution < -0.4 is 4.90 Å². The average molecular weight is 441 g/mol. The van der Waals surface area contributed by atoms with Crippen molar-refractivity contribution >= 4 is 22.6 Å². The van der Waals surface area contributed by atoms with Gasteiger partial charge in [0.15, 0.2) is 0 Å². The minimum absolute atomic E-state index is 0.00531. The van der Waals surface area contributed by atoms with Crippen molar-refractivity contribution in [1.82, 2.24) is 14.5 Å². The van der Waals surface area contributed by atoms with Crippen LogP contribution in [0, 0.1) is 0 Å². The molecule has 2 aromatic heterocycles. The molecule has 1 aliphatic heterocycles. The predicted octanol–water partition coefficient (Wildman–Crippen LogP) is 4.29. The molecule has 0 N–H and O–H groups in total. The van der Waals surface area contributed by atoms with Crippen LogP contribution in [0.5, 0.6) is 0 Å². The standard InChI is InChI=1S/C27H28N4O2/c1-29(2)27(32)22-10-8-21(9-11-22)24-16-23-18-28-26(30-12-14-33-15-13-30)17-25(23)31(24)19-20-6-4-3-5-7-20/h3-11,16-18H,12-15,19H2,1-2H3. The normalized spacial score (nSPS) is 13.9. The number of ether oxygens (including phenoxy) is 1. The molecule has 0 unspecified atom stereocenters. The van der Waals surface area contributed by atoms with E-state index in [1.165, 1.54) is 5.56 Å². The van der Waals surface area contributed by atoms with Crippen molar-refractivity contribution in [1.29, 1.82) is 0 Å². The molecule has 0 saturated carbocycles. The summed E-state index contributed by atoms with van der Waals surface area (Å²) in [5.74, 6) is 0.988. The van der Waals surface area contributed by atoms with Crippen LogP contribution in [0.2, 0.25) is 0 Å². The zero-order chi connectivity index (χ0) is 22.8. The summed E-state index contributed by atoms with van der Waals surface area (Å²) in [6.45, 7) is 3.92. The van der Waals surface area contributed by atoms with Gasteiger partial charge < -0.3 is 19.1 Å². The van der Waals surface area contributed by atoms with Crippen LogP contribution in [-0.4, -0.2) is 60.8 Å². The maximum absolute atomic E-state index is 12.3. The van der Waals surface area contributed by atoms with Crippen molar-refractivity contribution in [2.45, 2.75) is 6.54 Å². The molecule has 33 heavy (non-hydrogen) atoms. The molecule has 1 fully saturated rings. The van der Waals surface area contributed by atoms with Crippen LogP contribution in [0.1, 0.15) is 15.9 Å². The molecule has 0 bridgehead atoms. The van der Waals surface area contributed by atoms with Crippen LogP contribution in [-0.2, 0) is 11.3 Å². The molecular formula is C27H28N4O2. The van der Waals surface area contributed by atoms with Crippen LogP contribution in [0.15, 0.2) is 72.9 Å². The number of amides is 1. The fourth-order valence-electron chi connectivity index (χ4n) is 4.33. The van der Waals surface area contributed by atoms with Gasteiger partial charge >= 0.3 is 0 Å². The molecule has 1 aliphatic rings. The third kappa shape index (κ3) is 4.34. The highest BCUT2D eigenvalue weighted by molar-refractivity contribution is 5.95. The van der Waals surface area contributed by atoms with Gasteiger partial charge in [-0.25, -0.2) is 4.98 Å². The molecule has 3 heterocycles. The number of carbonyl (C=O) groups excluding carboxylic acids is 1. The summed E-state index contributed by atoms with van der Waals surface area (Å²) in [5, 5.41) is 1.10. The van der Waals surface area contributed by atoms with Crippen molar-refractivity contribution in [3.8, 4) is 11.3 Å². The molecule has 6 nitrogen and oxygen atoms in total. The molecule has 168 valence electrons. The molecule has 1 amide bonds. The lowest BCUT2D eigenvalue weighted by molar-refractivity contribution is 0.0827. The fourth-order valence-corrected chi connectivity index (χ4v) is 4.33. The Hall–Kier alpha value is -3.64. The lowest BCUT2D eigenvalue weighted by atomic mass is 10.1. The van der Waals surface area contributed by atoms with Crippen LogP contribution in [0.25, 0.3) is 22.2 Å². The minimum atomic E-state index is 0.00531. The highest BCUT2D eigenvalue weighted by Crippen LogP contribution is 2.31. The molecule has 4 aromatic rings. The van der Waals surface area contributed by atoms with E-state index in [1.807, 2.05) is 36.5 Å². The van der Waals surface area contributed by atoms with Gasteiger partial charge in [-0.05, 0) is 29.3 Å². The van der Waals surface area contributed by atoms with Crippen molar-refractivity contribution in [3.05, 3.63) is 84.1 Å². The summed E-state index contributed by atoms with van der Waals surface area (Å²) >= 11 is 0. The summed E-state index contributed by atoms with van der Waals surface area (Å²) in [4.78, 5) is 21.0. The van der Waals surface area contributed by atoms with Gasteiger partial charge in [0.2, 0.25) is 0 Å². The summed E-state index contributed by atoms with van der Waals surface area (Å²) in [7, 11) is 3.54. The van der Waals surface area contributed by atoms with Crippen LogP contribution >= 0.6 is 0 Å². The van der Waals surface area contributed by atoms with E-state index in [2.05, 4.69) is 45.9 Å². The van der Waals surface area contributed by atoms with E-state index >= 15 is 0 Å². The molecule has 5 rings (SSSR count). The quantitative estimate of drug-likeness (QED) is 0.465. The smallest absolute Gasteiger partial charge is 0.253 e. The molecule has 0 atom stereocenters. The predicted molar refractivity (Wildman–Crippen MR) is 132 cm³/mol. The first-order valence-corrected chi connectivity index (χ1v) is 11.3. The second kappa shape index (κ2) is 9.08. The first-order valence-electron chi connectivity index (χ1n) is 11.3. The zero-order valence-corrected chi connectivity index (χ0v) is 19.1. The number of morpholine rings is 1. The first kappa shape index (κ1) is 21.2. The number of nitrogens with zero attached hydrogens (tertiary/aromatic N) is 4. The average Bonchev–Trinajstić information content (AvgIpc) is 3.22. The van der Waals surface area contributed by atoms with Gasteiger partial charge in [0, 0.05) is 62.6 Å².